The number of nitrogens with one attached hydrogen (secondary N) is 2. The average Bonchev–Trinajstić information content (AvgIpc) is 2.85. The van der Waals surface area contributed by atoms with E-state index in [9.17, 15) is 24.0 Å². The summed E-state index contributed by atoms with van der Waals surface area (Å²) in [6.07, 6.45) is 1.16. The molecule has 0 radical (unpaired) electrons. The predicted octanol–water partition coefficient (Wildman–Crippen LogP) is 2.17. The second-order valence-corrected chi connectivity index (χ2v) is 7.36. The van der Waals surface area contributed by atoms with E-state index >= 15 is 0 Å². The molecule has 0 bridgehead atoms. The number of rotatable bonds is 5. The third-order valence-electron chi connectivity index (χ3n) is 5.18. The lowest BCUT2D eigenvalue weighted by Crippen LogP contribution is -2.31. The van der Waals surface area contributed by atoms with Gasteiger partial charge in [0.2, 0.25) is 0 Å². The Hall–Kier alpha value is -5.11. The van der Waals surface area contributed by atoms with Crippen molar-refractivity contribution in [2.75, 3.05) is 7.11 Å². The smallest absolute Gasteiger partial charge is 0.292 e. The van der Waals surface area contributed by atoms with Crippen molar-refractivity contribution in [2.45, 2.75) is 6.92 Å². The van der Waals surface area contributed by atoms with E-state index in [0.29, 0.717) is 16.7 Å². The van der Waals surface area contributed by atoms with Crippen molar-refractivity contribution in [2.24, 2.45) is 5.10 Å². The average molecular weight is 472 g/mol. The number of aromatic amines is 1. The third kappa shape index (κ3) is 4.53. The lowest BCUT2D eigenvalue weighted by atomic mass is 10.1. The summed E-state index contributed by atoms with van der Waals surface area (Å²) in [5.74, 6) is -0.735. The Balaban J connectivity index is 1.66. The van der Waals surface area contributed by atoms with Crippen LogP contribution < -0.4 is 21.3 Å². The molecule has 10 nitrogen and oxygen atoms in total. The monoisotopic (exact) mass is 472 g/mol. The molecule has 35 heavy (non-hydrogen) atoms. The Kier molecular flexibility index (Phi) is 6.19. The molecule has 4 rings (SSSR count). The van der Waals surface area contributed by atoms with Crippen LogP contribution in [0.4, 0.5) is 4.39 Å². The first kappa shape index (κ1) is 23.1. The van der Waals surface area contributed by atoms with E-state index in [1.54, 1.807) is 30.3 Å². The normalized spacial score (nSPS) is 10.9. The molecule has 0 unspecified atom stereocenters. The van der Waals surface area contributed by atoms with Crippen molar-refractivity contribution in [3.05, 3.63) is 97.4 Å². The number of hydrazone groups is 1. The molecule has 0 aliphatic heterocycles. The van der Waals surface area contributed by atoms with Crippen LogP contribution >= 0.6 is 0 Å². The van der Waals surface area contributed by atoms with Crippen molar-refractivity contribution >= 4 is 23.0 Å². The van der Waals surface area contributed by atoms with Gasteiger partial charge < -0.3 is 9.72 Å². The van der Waals surface area contributed by atoms with E-state index in [1.807, 2.05) is 0 Å². The largest absolute Gasteiger partial charge is 0.497 e. The van der Waals surface area contributed by atoms with Crippen molar-refractivity contribution in [3.8, 4) is 17.5 Å². The van der Waals surface area contributed by atoms with Crippen LogP contribution in [-0.4, -0.2) is 34.0 Å². The highest BCUT2D eigenvalue weighted by Crippen LogP contribution is 2.18. The molecule has 2 N–H and O–H groups in total. The van der Waals surface area contributed by atoms with E-state index in [1.165, 1.54) is 26.2 Å². The number of aromatic nitrogens is 3. The summed E-state index contributed by atoms with van der Waals surface area (Å²) in [6.45, 7) is 1.40. The number of nitrogens with zero attached hydrogens (tertiary/aromatic N) is 4. The molecule has 2 aromatic carbocycles. The van der Waals surface area contributed by atoms with E-state index < -0.39 is 22.8 Å². The number of nitriles is 1. The molecule has 0 spiro atoms. The number of ether oxygens (including phenoxy) is 1. The zero-order valence-electron chi connectivity index (χ0n) is 18.5. The Morgan fingerprint density at radius 1 is 1.23 bits per heavy atom. The topological polar surface area (TPSA) is 142 Å². The summed E-state index contributed by atoms with van der Waals surface area (Å²) in [4.78, 5) is 40.5. The third-order valence-corrected chi connectivity index (χ3v) is 5.18. The van der Waals surface area contributed by atoms with E-state index in [2.05, 4.69) is 20.6 Å². The van der Waals surface area contributed by atoms with Gasteiger partial charge in [-0.15, -0.1) is 0 Å². The molecule has 0 fully saturated rings. The first-order valence-corrected chi connectivity index (χ1v) is 10.2. The molecule has 174 valence electrons. The van der Waals surface area contributed by atoms with E-state index in [-0.39, 0.29) is 28.1 Å². The number of halogens is 1. The van der Waals surface area contributed by atoms with E-state index in [4.69, 9.17) is 4.74 Å². The quantitative estimate of drug-likeness (QED) is 0.337. The SMILES string of the molecule is COc1ccc2[nH]c(=O)c(/C=N/NC(=O)c3nn(-c4ccc(F)cc4)c(=O)c(C#N)c3C)cc2c1. The fraction of sp³-hybridized carbons (Fsp3) is 0.0833. The highest BCUT2D eigenvalue weighted by molar-refractivity contribution is 5.95. The van der Waals surface area contributed by atoms with Crippen molar-refractivity contribution in [1.82, 2.24) is 20.2 Å². The summed E-state index contributed by atoms with van der Waals surface area (Å²) in [6, 6.07) is 13.3. The summed E-state index contributed by atoms with van der Waals surface area (Å²) in [7, 11) is 1.53. The second kappa shape index (κ2) is 9.40. The molecule has 2 aromatic heterocycles. The number of amides is 1. The molecule has 2 heterocycles. The first-order chi connectivity index (χ1) is 16.8. The number of benzene rings is 2. The Labute approximate surface area is 196 Å². The van der Waals surface area contributed by atoms with Crippen molar-refractivity contribution in [3.63, 3.8) is 0 Å². The number of methoxy groups -OCH3 is 1. The summed E-state index contributed by atoms with van der Waals surface area (Å²) < 4.78 is 19.3. The van der Waals surface area contributed by atoms with Gasteiger partial charge in [0.05, 0.1) is 24.6 Å². The molecular formula is C24H17FN6O4. The fourth-order valence-electron chi connectivity index (χ4n) is 3.35. The minimum atomic E-state index is -0.815. The van der Waals surface area contributed by atoms with Crippen molar-refractivity contribution < 1.29 is 13.9 Å². The zero-order chi connectivity index (χ0) is 25.1. The van der Waals surface area contributed by atoms with Gasteiger partial charge in [0.25, 0.3) is 17.0 Å². The predicted molar refractivity (Wildman–Crippen MR) is 125 cm³/mol. The number of hydrogen-bond acceptors (Lipinski definition) is 7. The lowest BCUT2D eigenvalue weighted by Gasteiger charge is -2.10. The maximum absolute atomic E-state index is 13.3. The highest BCUT2D eigenvalue weighted by Gasteiger charge is 2.20. The number of carbonyl (C=O) groups excluding carboxylic acids is 1. The van der Waals surface area contributed by atoms with Crippen LogP contribution in [0, 0.1) is 24.1 Å². The molecule has 0 saturated heterocycles. The maximum atomic E-state index is 13.3. The second-order valence-electron chi connectivity index (χ2n) is 7.36. The molecule has 0 saturated carbocycles. The summed E-state index contributed by atoms with van der Waals surface area (Å²) >= 11 is 0. The Morgan fingerprint density at radius 3 is 2.66 bits per heavy atom. The number of H-pyrrole nitrogens is 1. The molecule has 11 heteroatoms. The summed E-state index contributed by atoms with van der Waals surface area (Å²) in [5, 5.41) is 18.0. The molecule has 0 aliphatic carbocycles. The van der Waals surface area contributed by atoms with Gasteiger partial charge in [0.1, 0.15) is 23.2 Å². The van der Waals surface area contributed by atoms with Crippen LogP contribution in [-0.2, 0) is 0 Å². The molecule has 0 atom stereocenters. The summed E-state index contributed by atoms with van der Waals surface area (Å²) in [5.41, 5.74) is 1.54. The number of carbonyl (C=O) groups is 1. The van der Waals surface area contributed by atoms with Gasteiger partial charge in [0.15, 0.2) is 5.69 Å². The van der Waals surface area contributed by atoms with Gasteiger partial charge in [-0.1, -0.05) is 0 Å². The Morgan fingerprint density at radius 2 is 1.97 bits per heavy atom. The van der Waals surface area contributed by atoms with Crippen LogP contribution in [0.1, 0.15) is 27.2 Å². The van der Waals surface area contributed by atoms with Crippen LogP contribution in [0.3, 0.4) is 0 Å². The molecule has 4 aromatic rings. The number of pyridine rings is 1. The van der Waals surface area contributed by atoms with Gasteiger partial charge in [-0.25, -0.2) is 9.82 Å². The maximum Gasteiger partial charge on any atom is 0.292 e. The molecule has 0 aliphatic rings. The Bertz CT molecular complexity index is 1650. The fourth-order valence-corrected chi connectivity index (χ4v) is 3.35. The number of hydrogen-bond donors (Lipinski definition) is 2. The van der Waals surface area contributed by atoms with Crippen LogP contribution in [0.2, 0.25) is 0 Å². The highest BCUT2D eigenvalue weighted by atomic mass is 19.1. The standard InChI is InChI=1S/C24H17FN6O4/c1-13-19(11-26)24(34)31(17-5-3-16(25)4-6-17)30-21(13)23(33)29-27-12-15-9-14-10-18(35-2)7-8-20(14)28-22(15)32/h3-10,12H,1-2H3,(H,28,32)(H,29,33)/b27-12+. The van der Waals surface area contributed by atoms with Gasteiger partial charge in [0, 0.05) is 16.5 Å². The van der Waals surface area contributed by atoms with Crippen LogP contribution in [0.5, 0.6) is 5.75 Å². The van der Waals surface area contributed by atoms with Gasteiger partial charge in [-0.3, -0.25) is 14.4 Å². The van der Waals surface area contributed by atoms with E-state index in [0.717, 1.165) is 23.0 Å². The molecular weight excluding hydrogens is 455 g/mol. The first-order valence-electron chi connectivity index (χ1n) is 10.2. The minimum Gasteiger partial charge on any atom is -0.497 e. The molecule has 1 amide bonds. The lowest BCUT2D eigenvalue weighted by molar-refractivity contribution is 0.0947. The van der Waals surface area contributed by atoms with Crippen molar-refractivity contribution in [1.29, 1.82) is 5.26 Å². The van der Waals surface area contributed by atoms with Gasteiger partial charge >= 0.3 is 0 Å². The van der Waals surface area contributed by atoms with Crippen LogP contribution in [0.15, 0.2) is 63.2 Å². The van der Waals surface area contributed by atoms with Gasteiger partial charge in [-0.05, 0) is 55.5 Å². The zero-order valence-corrected chi connectivity index (χ0v) is 18.5. The van der Waals surface area contributed by atoms with Gasteiger partial charge in [-0.2, -0.15) is 20.1 Å². The minimum absolute atomic E-state index is 0.0548. The number of fused-ring (bicyclic) bond motifs is 1. The van der Waals surface area contributed by atoms with Crippen LogP contribution in [0.25, 0.3) is 16.6 Å².